The Morgan fingerprint density at radius 3 is 3.00 bits per heavy atom. The first-order chi connectivity index (χ1) is 3.91. The molecule has 0 amide bonds. The van der Waals surface area contributed by atoms with E-state index in [0.29, 0.717) is 0 Å². The second kappa shape index (κ2) is 6.83. The van der Waals surface area contributed by atoms with Crippen LogP contribution in [0.3, 0.4) is 0 Å². The molecule has 0 aliphatic rings. The van der Waals surface area contributed by atoms with Crippen LogP contribution in [0.25, 0.3) is 0 Å². The average Bonchev–Trinajstić information content (AvgIpc) is 1.81. The van der Waals surface area contributed by atoms with E-state index >= 15 is 0 Å². The fraction of sp³-hybridized carbons (Fsp3) is 0.500. The lowest BCUT2D eigenvalue weighted by Gasteiger charge is -1.88. The van der Waals surface area contributed by atoms with Crippen LogP contribution in [-0.2, 0) is 0 Å². The van der Waals surface area contributed by atoms with Gasteiger partial charge in [-0.15, -0.1) is 17.5 Å². The number of rotatable bonds is 4. The molecular weight excluding hydrogens is 118 g/mol. The Kier molecular flexibility index (Phi) is 6.68. The maximum Gasteiger partial charge on any atom is 0.0122 e. The molecule has 0 atom stereocenters. The average molecular weight is 129 g/mol. The summed E-state index contributed by atoms with van der Waals surface area (Å²) >= 11 is 1.70. The molecule has 0 rings (SSSR count). The highest BCUT2D eigenvalue weighted by Crippen LogP contribution is 2.00. The lowest BCUT2D eigenvalue weighted by atomic mass is 10.5. The summed E-state index contributed by atoms with van der Waals surface area (Å²) in [5.74, 6) is 1.08. The highest BCUT2D eigenvalue weighted by molar-refractivity contribution is 8.02. The lowest BCUT2D eigenvalue weighted by Crippen LogP contribution is -1.98. The molecule has 0 aromatic carbocycles. The predicted octanol–water partition coefficient (Wildman–Crippen LogP) is 1.37. The molecule has 0 aromatic rings. The molecule has 1 nitrogen and oxygen atoms in total. The molecular formula is C6H11NS. The Morgan fingerprint density at radius 2 is 2.50 bits per heavy atom. The van der Waals surface area contributed by atoms with Crippen molar-refractivity contribution < 1.29 is 0 Å². The molecule has 8 heavy (non-hydrogen) atoms. The van der Waals surface area contributed by atoms with Gasteiger partial charge in [0.25, 0.3) is 0 Å². The van der Waals surface area contributed by atoms with Gasteiger partial charge in [0.15, 0.2) is 0 Å². The van der Waals surface area contributed by atoms with Crippen molar-refractivity contribution in [2.45, 2.75) is 6.42 Å². The van der Waals surface area contributed by atoms with Gasteiger partial charge in [-0.25, -0.2) is 0 Å². The van der Waals surface area contributed by atoms with Crippen molar-refractivity contribution >= 4 is 11.8 Å². The van der Waals surface area contributed by atoms with Gasteiger partial charge in [0, 0.05) is 5.41 Å². The minimum Gasteiger partial charge on any atom is -0.330 e. The molecule has 0 unspecified atom stereocenters. The Bertz CT molecular complexity index is 84.5. The van der Waals surface area contributed by atoms with E-state index in [1.807, 2.05) is 5.41 Å². The summed E-state index contributed by atoms with van der Waals surface area (Å²) in [4.78, 5) is 0. The molecule has 2 N–H and O–H groups in total. The molecule has 0 bridgehead atoms. The predicted molar refractivity (Wildman–Crippen MR) is 39.8 cm³/mol. The van der Waals surface area contributed by atoms with E-state index in [9.17, 15) is 0 Å². The van der Waals surface area contributed by atoms with E-state index in [1.54, 1.807) is 11.8 Å². The van der Waals surface area contributed by atoms with Crippen molar-refractivity contribution in [3.05, 3.63) is 17.7 Å². The van der Waals surface area contributed by atoms with Gasteiger partial charge >= 0.3 is 0 Å². The van der Waals surface area contributed by atoms with Gasteiger partial charge in [-0.05, 0) is 18.7 Å². The highest BCUT2D eigenvalue weighted by atomic mass is 32.2. The van der Waals surface area contributed by atoms with Gasteiger partial charge in [-0.2, -0.15) is 0 Å². The Balaban J connectivity index is 2.82. The fourth-order valence-electron chi connectivity index (χ4n) is 0.285. The van der Waals surface area contributed by atoms with Crippen LogP contribution in [0, 0.1) is 0 Å². The van der Waals surface area contributed by atoms with Crippen LogP contribution in [0.2, 0.25) is 0 Å². The molecule has 0 fully saturated rings. The SMILES string of the molecule is C=C=CSCCCN. The third-order valence-electron chi connectivity index (χ3n) is 0.633. The van der Waals surface area contributed by atoms with E-state index in [2.05, 4.69) is 12.3 Å². The largest absolute Gasteiger partial charge is 0.330 e. The van der Waals surface area contributed by atoms with E-state index in [4.69, 9.17) is 5.73 Å². The molecule has 0 spiro atoms. The molecule has 0 aliphatic heterocycles. The Labute approximate surface area is 54.6 Å². The van der Waals surface area contributed by atoms with Crippen LogP contribution in [0.4, 0.5) is 0 Å². The number of thioether (sulfide) groups is 1. The van der Waals surface area contributed by atoms with E-state index < -0.39 is 0 Å². The smallest absolute Gasteiger partial charge is 0.0122 e. The summed E-state index contributed by atoms with van der Waals surface area (Å²) in [7, 11) is 0. The van der Waals surface area contributed by atoms with Gasteiger partial charge in [-0.1, -0.05) is 6.58 Å². The standard InChI is InChI=1S/C6H11NS/c1-2-5-8-6-3-4-7/h5H,1,3-4,6-7H2. The zero-order chi connectivity index (χ0) is 6.24. The van der Waals surface area contributed by atoms with Crippen molar-refractivity contribution in [2.75, 3.05) is 12.3 Å². The fourth-order valence-corrected chi connectivity index (χ4v) is 0.854. The summed E-state index contributed by atoms with van der Waals surface area (Å²) in [5.41, 5.74) is 7.92. The van der Waals surface area contributed by atoms with E-state index in [1.165, 1.54) is 0 Å². The molecule has 0 aliphatic carbocycles. The zero-order valence-electron chi connectivity index (χ0n) is 4.89. The molecule has 0 saturated heterocycles. The Hall–Kier alpha value is -0.170. The van der Waals surface area contributed by atoms with Gasteiger partial charge in [-0.3, -0.25) is 0 Å². The van der Waals surface area contributed by atoms with E-state index in [0.717, 1.165) is 18.7 Å². The van der Waals surface area contributed by atoms with Crippen molar-refractivity contribution in [1.29, 1.82) is 0 Å². The van der Waals surface area contributed by atoms with Crippen molar-refractivity contribution in [2.24, 2.45) is 5.73 Å². The van der Waals surface area contributed by atoms with Crippen LogP contribution >= 0.6 is 11.8 Å². The van der Waals surface area contributed by atoms with Crippen LogP contribution < -0.4 is 5.73 Å². The molecule has 0 radical (unpaired) electrons. The van der Waals surface area contributed by atoms with Crippen molar-refractivity contribution in [3.63, 3.8) is 0 Å². The summed E-state index contributed by atoms with van der Waals surface area (Å²) in [6.45, 7) is 4.20. The first-order valence-corrected chi connectivity index (χ1v) is 3.62. The molecule has 0 saturated carbocycles. The van der Waals surface area contributed by atoms with Gasteiger partial charge < -0.3 is 5.73 Å². The van der Waals surface area contributed by atoms with Crippen LogP contribution in [-0.4, -0.2) is 12.3 Å². The Morgan fingerprint density at radius 1 is 1.75 bits per heavy atom. The second-order valence-electron chi connectivity index (χ2n) is 1.33. The van der Waals surface area contributed by atoms with Crippen LogP contribution in [0.1, 0.15) is 6.42 Å². The minimum atomic E-state index is 0.776. The maximum absolute atomic E-state index is 5.25. The molecule has 0 heterocycles. The summed E-state index contributed by atoms with van der Waals surface area (Å²) in [5, 5.41) is 1.86. The van der Waals surface area contributed by atoms with Gasteiger partial charge in [0.2, 0.25) is 0 Å². The zero-order valence-corrected chi connectivity index (χ0v) is 5.71. The first-order valence-electron chi connectivity index (χ1n) is 2.57. The normalized spacial score (nSPS) is 8.12. The van der Waals surface area contributed by atoms with Gasteiger partial charge in [0.1, 0.15) is 0 Å². The number of hydrogen-bond donors (Lipinski definition) is 1. The summed E-state index contributed by atoms with van der Waals surface area (Å²) < 4.78 is 0. The van der Waals surface area contributed by atoms with E-state index in [-0.39, 0.29) is 0 Å². The van der Waals surface area contributed by atoms with Gasteiger partial charge in [0.05, 0.1) is 0 Å². The second-order valence-corrected chi connectivity index (χ2v) is 2.31. The lowest BCUT2D eigenvalue weighted by molar-refractivity contribution is 0.945. The van der Waals surface area contributed by atoms with Crippen molar-refractivity contribution in [1.82, 2.24) is 0 Å². The summed E-state index contributed by atoms with van der Waals surface area (Å²) in [6, 6.07) is 0. The first kappa shape index (κ1) is 7.83. The quantitative estimate of drug-likeness (QED) is 0.458. The number of hydrogen-bond acceptors (Lipinski definition) is 2. The molecule has 0 aromatic heterocycles. The number of nitrogens with two attached hydrogens (primary N) is 1. The maximum atomic E-state index is 5.25. The highest BCUT2D eigenvalue weighted by Gasteiger charge is 1.78. The van der Waals surface area contributed by atoms with Crippen molar-refractivity contribution in [3.8, 4) is 0 Å². The van der Waals surface area contributed by atoms with Crippen LogP contribution in [0.5, 0.6) is 0 Å². The molecule has 2 heteroatoms. The molecule has 46 valence electrons. The minimum absolute atomic E-state index is 0.776. The topological polar surface area (TPSA) is 26.0 Å². The third kappa shape index (κ3) is 5.83. The summed E-state index contributed by atoms with van der Waals surface area (Å²) in [6.07, 6.45) is 1.07. The van der Waals surface area contributed by atoms with Crippen LogP contribution in [0.15, 0.2) is 17.7 Å². The third-order valence-corrected chi connectivity index (χ3v) is 1.49. The monoisotopic (exact) mass is 129 g/mol.